The summed E-state index contributed by atoms with van der Waals surface area (Å²) in [5.41, 5.74) is 2.88. The maximum Gasteiger partial charge on any atom is 0.432 e. The first-order valence-corrected chi connectivity index (χ1v) is 6.49. The molecule has 120 valence electrons. The summed E-state index contributed by atoms with van der Waals surface area (Å²) in [6.07, 6.45) is -3.83. The number of benzene rings is 1. The van der Waals surface area contributed by atoms with E-state index in [2.05, 4.69) is 9.97 Å². The van der Waals surface area contributed by atoms with Gasteiger partial charge in [-0.05, 0) is 12.1 Å². The van der Waals surface area contributed by atoms with Crippen LogP contribution >= 0.6 is 11.6 Å². The maximum atomic E-state index is 14.1. The van der Waals surface area contributed by atoms with Crippen molar-refractivity contribution in [3.05, 3.63) is 51.3 Å². The van der Waals surface area contributed by atoms with Crippen LogP contribution in [-0.2, 0) is 6.18 Å². The fourth-order valence-corrected chi connectivity index (χ4v) is 2.33. The Morgan fingerprint density at radius 3 is 2.61 bits per heavy atom. The lowest BCUT2D eigenvalue weighted by Gasteiger charge is -2.12. The van der Waals surface area contributed by atoms with Crippen LogP contribution in [0.1, 0.15) is 5.69 Å². The zero-order valence-electron chi connectivity index (χ0n) is 11.1. The Kier molecular flexibility index (Phi) is 3.33. The Hall–Kier alpha value is -2.55. The first-order valence-electron chi connectivity index (χ1n) is 6.11. The fourth-order valence-electron chi connectivity index (χ4n) is 2.18. The van der Waals surface area contributed by atoms with Gasteiger partial charge in [0.15, 0.2) is 0 Å². The number of nitrogens with two attached hydrogens (primary N) is 1. The number of hydrogen-bond donors (Lipinski definition) is 2. The number of imidazole rings is 1. The van der Waals surface area contributed by atoms with E-state index in [1.807, 2.05) is 0 Å². The zero-order valence-corrected chi connectivity index (χ0v) is 11.8. The third kappa shape index (κ3) is 2.52. The highest BCUT2D eigenvalue weighted by Gasteiger charge is 2.35. The number of H-pyrrole nitrogens is 1. The van der Waals surface area contributed by atoms with E-state index in [4.69, 9.17) is 17.3 Å². The van der Waals surface area contributed by atoms with Gasteiger partial charge < -0.3 is 5.73 Å². The average molecular weight is 347 g/mol. The van der Waals surface area contributed by atoms with Crippen molar-refractivity contribution in [3.8, 4) is 11.3 Å². The number of rotatable bonds is 1. The highest BCUT2D eigenvalue weighted by atomic mass is 35.5. The largest absolute Gasteiger partial charge is 0.432 e. The highest BCUT2D eigenvalue weighted by Crippen LogP contribution is 2.34. The van der Waals surface area contributed by atoms with Gasteiger partial charge >= 0.3 is 6.18 Å². The van der Waals surface area contributed by atoms with E-state index < -0.39 is 23.2 Å². The first kappa shape index (κ1) is 15.3. The zero-order chi connectivity index (χ0) is 16.9. The molecule has 0 saturated heterocycles. The van der Waals surface area contributed by atoms with Crippen molar-refractivity contribution < 1.29 is 17.6 Å². The minimum absolute atomic E-state index is 0.00370. The smallest absolute Gasteiger partial charge is 0.398 e. The van der Waals surface area contributed by atoms with Crippen molar-refractivity contribution in [2.24, 2.45) is 0 Å². The van der Waals surface area contributed by atoms with E-state index >= 15 is 0 Å². The normalized spacial score (nSPS) is 12.0. The second-order valence-electron chi connectivity index (χ2n) is 4.67. The number of nitrogen functional groups attached to an aromatic ring is 1. The van der Waals surface area contributed by atoms with Gasteiger partial charge in [0, 0.05) is 11.6 Å². The molecule has 0 aliphatic carbocycles. The van der Waals surface area contributed by atoms with Gasteiger partial charge in [0.05, 0.1) is 22.6 Å². The number of aromatic amines is 1. The molecule has 5 nitrogen and oxygen atoms in total. The lowest BCUT2D eigenvalue weighted by atomic mass is 10.1. The van der Waals surface area contributed by atoms with Crippen molar-refractivity contribution >= 4 is 23.1 Å². The first-order chi connectivity index (χ1) is 10.7. The summed E-state index contributed by atoms with van der Waals surface area (Å²) < 4.78 is 54.2. The van der Waals surface area contributed by atoms with Crippen molar-refractivity contribution in [1.29, 1.82) is 0 Å². The molecule has 0 saturated carbocycles. The summed E-state index contributed by atoms with van der Waals surface area (Å²) in [7, 11) is 0. The molecule has 3 rings (SSSR count). The number of halogens is 5. The van der Waals surface area contributed by atoms with Crippen LogP contribution in [0.5, 0.6) is 0 Å². The standard InChI is InChI=1S/C13H7ClF4N4O/c14-6-2-7(15)5(1-8(6)19)9-4-20-12-21-11(23)3-10(22(9)12)13(16,17)18/h1-4H,19H2,(H,20,21,23). The van der Waals surface area contributed by atoms with E-state index in [0.29, 0.717) is 10.5 Å². The van der Waals surface area contributed by atoms with Crippen molar-refractivity contribution in [1.82, 2.24) is 14.4 Å². The number of alkyl halides is 3. The summed E-state index contributed by atoms with van der Waals surface area (Å²) in [5, 5.41) is -0.0653. The Morgan fingerprint density at radius 2 is 1.96 bits per heavy atom. The van der Waals surface area contributed by atoms with Gasteiger partial charge in [0.25, 0.3) is 5.56 Å². The molecule has 0 bridgehead atoms. The lowest BCUT2D eigenvalue weighted by Crippen LogP contribution is -2.19. The maximum absolute atomic E-state index is 14.1. The molecule has 0 atom stereocenters. The third-order valence-electron chi connectivity index (χ3n) is 3.16. The molecule has 2 aromatic heterocycles. The van der Waals surface area contributed by atoms with Crippen LogP contribution in [0.3, 0.4) is 0 Å². The molecule has 10 heteroatoms. The van der Waals surface area contributed by atoms with Gasteiger partial charge in [-0.25, -0.2) is 9.37 Å². The fraction of sp³-hybridized carbons (Fsp3) is 0.0769. The van der Waals surface area contributed by atoms with Crippen LogP contribution in [0.4, 0.5) is 23.2 Å². The molecule has 0 aliphatic heterocycles. The van der Waals surface area contributed by atoms with Gasteiger partial charge in [0.2, 0.25) is 5.78 Å². The van der Waals surface area contributed by atoms with Gasteiger partial charge in [-0.1, -0.05) is 11.6 Å². The third-order valence-corrected chi connectivity index (χ3v) is 3.49. The molecule has 23 heavy (non-hydrogen) atoms. The predicted octanol–water partition coefficient (Wildman–Crippen LogP) is 3.08. The summed E-state index contributed by atoms with van der Waals surface area (Å²) in [6.45, 7) is 0. The SMILES string of the molecule is Nc1cc(-c2cnc3[nH]c(=O)cc(C(F)(F)F)n23)c(F)cc1Cl. The van der Waals surface area contributed by atoms with Gasteiger partial charge in [-0.15, -0.1) is 0 Å². The molecule has 2 heterocycles. The van der Waals surface area contributed by atoms with Crippen molar-refractivity contribution in [2.45, 2.75) is 6.18 Å². The van der Waals surface area contributed by atoms with Crippen LogP contribution in [0, 0.1) is 5.82 Å². The van der Waals surface area contributed by atoms with E-state index in [1.54, 1.807) is 0 Å². The monoisotopic (exact) mass is 346 g/mol. The van der Waals surface area contributed by atoms with Crippen LogP contribution in [0.25, 0.3) is 17.0 Å². The van der Waals surface area contributed by atoms with E-state index in [0.717, 1.165) is 18.3 Å². The second-order valence-corrected chi connectivity index (χ2v) is 5.08. The summed E-state index contributed by atoms with van der Waals surface area (Å²) >= 11 is 5.68. The molecule has 1 aromatic carbocycles. The van der Waals surface area contributed by atoms with Gasteiger partial charge in [0.1, 0.15) is 11.5 Å². The summed E-state index contributed by atoms with van der Waals surface area (Å²) in [5.74, 6) is -1.24. The van der Waals surface area contributed by atoms with E-state index in [-0.39, 0.29) is 27.7 Å². The predicted molar refractivity (Wildman–Crippen MR) is 75.6 cm³/mol. The molecular weight excluding hydrogens is 340 g/mol. The van der Waals surface area contributed by atoms with Crippen LogP contribution in [0.15, 0.2) is 29.2 Å². The van der Waals surface area contributed by atoms with E-state index in [9.17, 15) is 22.4 Å². The number of nitrogens with one attached hydrogen (secondary N) is 1. The quantitative estimate of drug-likeness (QED) is 0.525. The molecule has 0 unspecified atom stereocenters. The Labute approximate surface area is 130 Å². The second kappa shape index (κ2) is 4.98. The van der Waals surface area contributed by atoms with Crippen molar-refractivity contribution in [3.63, 3.8) is 0 Å². The molecular formula is C13H7ClF4N4O. The topological polar surface area (TPSA) is 76.2 Å². The molecule has 0 radical (unpaired) electrons. The summed E-state index contributed by atoms with van der Waals surface area (Å²) in [4.78, 5) is 17.2. The van der Waals surface area contributed by atoms with Crippen LogP contribution < -0.4 is 11.3 Å². The number of fused-ring (bicyclic) bond motifs is 1. The molecule has 3 N–H and O–H groups in total. The number of aromatic nitrogens is 3. The molecule has 3 aromatic rings. The number of anilines is 1. The lowest BCUT2D eigenvalue weighted by molar-refractivity contribution is -0.142. The van der Waals surface area contributed by atoms with Crippen LogP contribution in [-0.4, -0.2) is 14.4 Å². The molecule has 0 fully saturated rings. The van der Waals surface area contributed by atoms with Crippen LogP contribution in [0.2, 0.25) is 5.02 Å². The summed E-state index contributed by atoms with van der Waals surface area (Å²) in [6, 6.07) is 2.37. The van der Waals surface area contributed by atoms with Gasteiger partial charge in [-0.2, -0.15) is 13.2 Å². The Bertz CT molecular complexity index is 976. The molecule has 0 spiro atoms. The average Bonchev–Trinajstić information content (AvgIpc) is 2.84. The molecule has 0 aliphatic rings. The van der Waals surface area contributed by atoms with E-state index in [1.165, 1.54) is 0 Å². The minimum atomic E-state index is -4.84. The minimum Gasteiger partial charge on any atom is -0.398 e. The van der Waals surface area contributed by atoms with Gasteiger partial charge in [-0.3, -0.25) is 14.2 Å². The Balaban J connectivity index is 2.41. The van der Waals surface area contributed by atoms with Crippen molar-refractivity contribution in [2.75, 3.05) is 5.73 Å². The molecule has 0 amide bonds. The number of hydrogen-bond acceptors (Lipinski definition) is 3. The number of nitrogens with zero attached hydrogens (tertiary/aromatic N) is 2. The Morgan fingerprint density at radius 1 is 1.26 bits per heavy atom. The highest BCUT2D eigenvalue weighted by molar-refractivity contribution is 6.33.